The predicted octanol–water partition coefficient (Wildman–Crippen LogP) is 3.18. The van der Waals surface area contributed by atoms with Gasteiger partial charge >= 0.3 is 0 Å². The first kappa shape index (κ1) is 13.2. The Bertz CT molecular complexity index is 551. The van der Waals surface area contributed by atoms with Crippen molar-refractivity contribution in [1.29, 1.82) is 0 Å². The van der Waals surface area contributed by atoms with Crippen molar-refractivity contribution in [2.45, 2.75) is 13.0 Å². The van der Waals surface area contributed by atoms with Crippen LogP contribution in [0, 0.1) is 0 Å². The molecule has 0 aliphatic heterocycles. The average Bonchev–Trinajstić information content (AvgIpc) is 2.76. The first-order valence-corrected chi connectivity index (χ1v) is 6.91. The number of nitrogens with two attached hydrogens (primary N) is 1. The van der Waals surface area contributed by atoms with Crippen LogP contribution in [0.4, 0.5) is 5.69 Å². The van der Waals surface area contributed by atoms with Gasteiger partial charge in [0.2, 0.25) is 0 Å². The minimum absolute atomic E-state index is 0.00890. The summed E-state index contributed by atoms with van der Waals surface area (Å²) in [4.78, 5) is 12.5. The number of halogens is 1. The molecule has 1 aromatic heterocycles. The third-order valence-corrected chi connectivity index (χ3v) is 4.09. The molecule has 1 atom stereocenters. The number of benzene rings is 1. The number of carbonyl (C=O) groups excluding carboxylic acids is 1. The van der Waals surface area contributed by atoms with Crippen molar-refractivity contribution >= 4 is 39.1 Å². The molecule has 6 heteroatoms. The third kappa shape index (κ3) is 2.95. The van der Waals surface area contributed by atoms with Crippen molar-refractivity contribution in [2.75, 3.05) is 5.32 Å². The summed E-state index contributed by atoms with van der Waals surface area (Å²) >= 11 is 4.44. The Morgan fingerprint density at radius 3 is 2.61 bits per heavy atom. The van der Waals surface area contributed by atoms with Gasteiger partial charge in [-0.05, 0) is 52.1 Å². The monoisotopic (exact) mass is 325 g/mol. The first-order chi connectivity index (χ1) is 8.58. The molecule has 2 aromatic rings. The van der Waals surface area contributed by atoms with E-state index in [1.54, 1.807) is 6.20 Å². The molecule has 18 heavy (non-hydrogen) atoms. The lowest BCUT2D eigenvalue weighted by molar-refractivity contribution is 0.103. The lowest BCUT2D eigenvalue weighted by atomic mass is 10.1. The second-order valence-corrected chi connectivity index (χ2v) is 5.52. The van der Waals surface area contributed by atoms with Crippen LogP contribution in [0.3, 0.4) is 0 Å². The topological polar surface area (TPSA) is 68.0 Å². The quantitative estimate of drug-likeness (QED) is 0.910. The molecule has 0 saturated heterocycles. The van der Waals surface area contributed by atoms with E-state index in [1.807, 2.05) is 31.2 Å². The Balaban J connectivity index is 2.10. The summed E-state index contributed by atoms with van der Waals surface area (Å²) in [5.41, 5.74) is 7.54. The van der Waals surface area contributed by atoms with Crippen molar-refractivity contribution in [2.24, 2.45) is 5.73 Å². The van der Waals surface area contributed by atoms with E-state index in [4.69, 9.17) is 5.73 Å². The molecule has 1 amide bonds. The molecule has 4 nitrogen and oxygen atoms in total. The number of hydrogen-bond acceptors (Lipinski definition) is 4. The zero-order valence-corrected chi connectivity index (χ0v) is 12.1. The molecule has 0 radical (unpaired) electrons. The normalized spacial score (nSPS) is 12.2. The van der Waals surface area contributed by atoms with Gasteiger partial charge in [-0.15, -0.1) is 0 Å². The molecule has 0 unspecified atom stereocenters. The van der Waals surface area contributed by atoms with Gasteiger partial charge in [0.1, 0.15) is 4.88 Å². The van der Waals surface area contributed by atoms with Crippen molar-refractivity contribution in [3.05, 3.63) is 45.4 Å². The standard InChI is InChI=1S/C12H12BrN3OS/c1-7(14)8-2-4-9(5-3-8)16-12(17)11-10(13)6-15-18-11/h2-7H,14H2,1H3,(H,16,17)/t7-/m0/s1. The number of amides is 1. The third-order valence-electron chi connectivity index (χ3n) is 2.43. The highest BCUT2D eigenvalue weighted by molar-refractivity contribution is 9.10. The van der Waals surface area contributed by atoms with Gasteiger partial charge in [0, 0.05) is 11.7 Å². The molecule has 2 rings (SSSR count). The molecule has 0 aliphatic rings. The number of hydrogen-bond donors (Lipinski definition) is 2. The Kier molecular flexibility index (Phi) is 4.11. The van der Waals surface area contributed by atoms with Gasteiger partial charge in [0.05, 0.1) is 10.7 Å². The lowest BCUT2D eigenvalue weighted by Gasteiger charge is -2.07. The van der Waals surface area contributed by atoms with Gasteiger partial charge in [0.25, 0.3) is 5.91 Å². The molecular formula is C12H12BrN3OS. The second kappa shape index (κ2) is 5.60. The van der Waals surface area contributed by atoms with E-state index in [-0.39, 0.29) is 11.9 Å². The maximum atomic E-state index is 11.9. The summed E-state index contributed by atoms with van der Waals surface area (Å²) in [6.07, 6.45) is 1.61. The van der Waals surface area contributed by atoms with Crippen LogP contribution < -0.4 is 11.1 Å². The Morgan fingerprint density at radius 2 is 2.11 bits per heavy atom. The molecule has 3 N–H and O–H groups in total. The molecular weight excluding hydrogens is 314 g/mol. The van der Waals surface area contributed by atoms with Crippen molar-refractivity contribution in [1.82, 2.24) is 4.37 Å². The van der Waals surface area contributed by atoms with Gasteiger partial charge in [0.15, 0.2) is 0 Å². The lowest BCUT2D eigenvalue weighted by Crippen LogP contribution is -2.11. The van der Waals surface area contributed by atoms with E-state index in [0.29, 0.717) is 9.35 Å². The first-order valence-electron chi connectivity index (χ1n) is 5.35. The average molecular weight is 326 g/mol. The van der Waals surface area contributed by atoms with Gasteiger partial charge in [-0.2, -0.15) is 4.37 Å². The van der Waals surface area contributed by atoms with E-state index in [9.17, 15) is 4.79 Å². The fourth-order valence-electron chi connectivity index (χ4n) is 1.44. The Morgan fingerprint density at radius 1 is 1.44 bits per heavy atom. The summed E-state index contributed by atoms with van der Waals surface area (Å²) < 4.78 is 4.64. The molecule has 0 spiro atoms. The number of rotatable bonds is 3. The SMILES string of the molecule is C[C@H](N)c1ccc(NC(=O)c2sncc2Br)cc1. The number of nitrogens with one attached hydrogen (secondary N) is 1. The number of carbonyl (C=O) groups is 1. The molecule has 0 aliphatic carbocycles. The molecule has 94 valence electrons. The van der Waals surface area contributed by atoms with E-state index >= 15 is 0 Å². The number of aromatic nitrogens is 1. The molecule has 0 saturated carbocycles. The van der Waals surface area contributed by atoms with Crippen LogP contribution in [0.1, 0.15) is 28.2 Å². The van der Waals surface area contributed by atoms with Gasteiger partial charge < -0.3 is 11.1 Å². The highest BCUT2D eigenvalue weighted by Crippen LogP contribution is 2.21. The van der Waals surface area contributed by atoms with Crippen molar-refractivity contribution in [3.63, 3.8) is 0 Å². The van der Waals surface area contributed by atoms with Crippen molar-refractivity contribution in [3.8, 4) is 0 Å². The fraction of sp³-hybridized carbons (Fsp3) is 0.167. The zero-order valence-electron chi connectivity index (χ0n) is 9.68. The highest BCUT2D eigenvalue weighted by Gasteiger charge is 2.12. The summed E-state index contributed by atoms with van der Waals surface area (Å²) in [6.45, 7) is 1.92. The molecule has 0 bridgehead atoms. The fourth-order valence-corrected chi connectivity index (χ4v) is 2.61. The van der Waals surface area contributed by atoms with Crippen LogP contribution in [-0.2, 0) is 0 Å². The smallest absolute Gasteiger partial charge is 0.268 e. The van der Waals surface area contributed by atoms with Crippen LogP contribution >= 0.6 is 27.5 Å². The molecule has 0 fully saturated rings. The number of anilines is 1. The van der Waals surface area contributed by atoms with E-state index in [0.717, 1.165) is 22.8 Å². The maximum Gasteiger partial charge on any atom is 0.268 e. The van der Waals surface area contributed by atoms with E-state index in [1.165, 1.54) is 0 Å². The Labute approximate surface area is 118 Å². The van der Waals surface area contributed by atoms with Gasteiger partial charge in [-0.3, -0.25) is 4.79 Å². The summed E-state index contributed by atoms with van der Waals surface area (Å²) in [5.74, 6) is -0.169. The Hall–Kier alpha value is -1.24. The van der Waals surface area contributed by atoms with E-state index in [2.05, 4.69) is 25.6 Å². The minimum atomic E-state index is -0.169. The largest absolute Gasteiger partial charge is 0.324 e. The second-order valence-electron chi connectivity index (χ2n) is 3.87. The predicted molar refractivity (Wildman–Crippen MR) is 76.8 cm³/mol. The maximum absolute atomic E-state index is 11.9. The zero-order chi connectivity index (χ0) is 13.1. The van der Waals surface area contributed by atoms with Crippen LogP contribution in [0.2, 0.25) is 0 Å². The van der Waals surface area contributed by atoms with Crippen LogP contribution in [0.25, 0.3) is 0 Å². The molecule has 1 heterocycles. The summed E-state index contributed by atoms with van der Waals surface area (Å²) in [7, 11) is 0. The van der Waals surface area contributed by atoms with Gasteiger partial charge in [-0.25, -0.2) is 0 Å². The highest BCUT2D eigenvalue weighted by atomic mass is 79.9. The van der Waals surface area contributed by atoms with Crippen LogP contribution in [0.5, 0.6) is 0 Å². The number of nitrogens with zero attached hydrogens (tertiary/aromatic N) is 1. The summed E-state index contributed by atoms with van der Waals surface area (Å²) in [5, 5.41) is 2.81. The summed E-state index contributed by atoms with van der Waals surface area (Å²) in [6, 6.07) is 7.48. The molecule has 1 aromatic carbocycles. The van der Waals surface area contributed by atoms with Crippen LogP contribution in [0.15, 0.2) is 34.9 Å². The minimum Gasteiger partial charge on any atom is -0.324 e. The van der Waals surface area contributed by atoms with Crippen molar-refractivity contribution < 1.29 is 4.79 Å². The van der Waals surface area contributed by atoms with Crippen LogP contribution in [-0.4, -0.2) is 10.3 Å². The van der Waals surface area contributed by atoms with E-state index < -0.39 is 0 Å². The van der Waals surface area contributed by atoms with Gasteiger partial charge in [-0.1, -0.05) is 12.1 Å².